The summed E-state index contributed by atoms with van der Waals surface area (Å²) >= 11 is 0. The van der Waals surface area contributed by atoms with Crippen molar-refractivity contribution in [3.63, 3.8) is 0 Å². The molecule has 14 heavy (non-hydrogen) atoms. The molecule has 0 bridgehead atoms. The van der Waals surface area contributed by atoms with Crippen molar-refractivity contribution in [1.29, 1.82) is 0 Å². The summed E-state index contributed by atoms with van der Waals surface area (Å²) in [6.07, 6.45) is 2.82. The van der Waals surface area contributed by atoms with Gasteiger partial charge in [0.05, 0.1) is 0 Å². The maximum absolute atomic E-state index is 3.66. The fourth-order valence-corrected chi connectivity index (χ4v) is 2.83. The smallest absolute Gasteiger partial charge is 0.0235 e. The lowest BCUT2D eigenvalue weighted by Gasteiger charge is -2.27. The van der Waals surface area contributed by atoms with E-state index in [4.69, 9.17) is 0 Å². The summed E-state index contributed by atoms with van der Waals surface area (Å²) in [5.74, 6) is 1.72. The Hall–Kier alpha value is -0.0800. The third-order valence-corrected chi connectivity index (χ3v) is 4.17. The van der Waals surface area contributed by atoms with E-state index in [0.717, 1.165) is 23.9 Å². The molecule has 2 heterocycles. The summed E-state index contributed by atoms with van der Waals surface area (Å²) in [5.41, 5.74) is 0. The number of likely N-dealkylation sites (tertiary alicyclic amines) is 1. The number of nitrogens with one attached hydrogen (secondary N) is 1. The number of fused-ring (bicyclic) bond motifs is 1. The van der Waals surface area contributed by atoms with Crippen LogP contribution in [0.1, 0.15) is 33.6 Å². The van der Waals surface area contributed by atoms with Gasteiger partial charge in [0, 0.05) is 25.2 Å². The van der Waals surface area contributed by atoms with Gasteiger partial charge in [-0.2, -0.15) is 0 Å². The quantitative estimate of drug-likeness (QED) is 0.723. The van der Waals surface area contributed by atoms with Crippen LogP contribution in [-0.2, 0) is 0 Å². The van der Waals surface area contributed by atoms with Gasteiger partial charge in [0.1, 0.15) is 0 Å². The first-order valence-electron chi connectivity index (χ1n) is 6.16. The van der Waals surface area contributed by atoms with Crippen LogP contribution in [0.15, 0.2) is 0 Å². The Morgan fingerprint density at radius 1 is 1.21 bits per heavy atom. The van der Waals surface area contributed by atoms with Crippen molar-refractivity contribution in [2.75, 3.05) is 19.6 Å². The molecule has 3 unspecified atom stereocenters. The molecule has 0 spiro atoms. The van der Waals surface area contributed by atoms with E-state index in [2.05, 4.69) is 31.0 Å². The summed E-state index contributed by atoms with van der Waals surface area (Å²) in [6.45, 7) is 10.9. The second-order valence-electron chi connectivity index (χ2n) is 5.40. The molecule has 82 valence electrons. The lowest BCUT2D eigenvalue weighted by atomic mass is 9.94. The van der Waals surface area contributed by atoms with Gasteiger partial charge in [-0.15, -0.1) is 0 Å². The van der Waals surface area contributed by atoms with Gasteiger partial charge in [0.25, 0.3) is 0 Å². The average Bonchev–Trinajstić information content (AvgIpc) is 2.59. The van der Waals surface area contributed by atoms with Gasteiger partial charge in [0.15, 0.2) is 0 Å². The highest BCUT2D eigenvalue weighted by Crippen LogP contribution is 2.27. The van der Waals surface area contributed by atoms with Crippen molar-refractivity contribution in [2.24, 2.45) is 11.8 Å². The zero-order valence-electron chi connectivity index (χ0n) is 9.79. The van der Waals surface area contributed by atoms with Crippen LogP contribution >= 0.6 is 0 Å². The third-order valence-electron chi connectivity index (χ3n) is 4.17. The predicted molar refractivity (Wildman–Crippen MR) is 60.4 cm³/mol. The summed E-state index contributed by atoms with van der Waals surface area (Å²) < 4.78 is 0. The summed E-state index contributed by atoms with van der Waals surface area (Å²) in [7, 11) is 0. The Labute approximate surface area is 88.1 Å². The maximum Gasteiger partial charge on any atom is 0.0235 e. The fraction of sp³-hybridized carbons (Fsp3) is 1.00. The number of piperidine rings is 1. The van der Waals surface area contributed by atoms with Crippen LogP contribution in [0.5, 0.6) is 0 Å². The summed E-state index contributed by atoms with van der Waals surface area (Å²) in [4.78, 5) is 2.68. The molecular formula is C12H24N2. The van der Waals surface area contributed by atoms with E-state index >= 15 is 0 Å². The van der Waals surface area contributed by atoms with Gasteiger partial charge in [0.2, 0.25) is 0 Å². The maximum atomic E-state index is 3.66. The van der Waals surface area contributed by atoms with Gasteiger partial charge >= 0.3 is 0 Å². The molecule has 1 N–H and O–H groups in total. The van der Waals surface area contributed by atoms with E-state index in [1.54, 1.807) is 0 Å². The molecule has 0 aromatic carbocycles. The van der Waals surface area contributed by atoms with E-state index in [-0.39, 0.29) is 0 Å². The van der Waals surface area contributed by atoms with E-state index in [1.165, 1.54) is 32.5 Å². The van der Waals surface area contributed by atoms with Crippen molar-refractivity contribution in [2.45, 2.75) is 45.7 Å². The fourth-order valence-electron chi connectivity index (χ4n) is 2.83. The lowest BCUT2D eigenvalue weighted by Crippen LogP contribution is -2.41. The van der Waals surface area contributed by atoms with Crippen molar-refractivity contribution in [1.82, 2.24) is 10.2 Å². The third kappa shape index (κ3) is 1.96. The minimum Gasteiger partial charge on any atom is -0.312 e. The molecule has 2 heteroatoms. The molecule has 2 fully saturated rings. The van der Waals surface area contributed by atoms with Gasteiger partial charge in [-0.1, -0.05) is 13.8 Å². The van der Waals surface area contributed by atoms with Gasteiger partial charge in [-0.3, -0.25) is 4.90 Å². The van der Waals surface area contributed by atoms with E-state index in [0.29, 0.717) is 0 Å². The molecule has 2 saturated heterocycles. The molecule has 0 aromatic rings. The molecular weight excluding hydrogens is 172 g/mol. The predicted octanol–water partition coefficient (Wildman–Crippen LogP) is 1.71. The SMILES string of the molecule is CC(C)C(C)N1CC2CCCNC2C1. The van der Waals surface area contributed by atoms with Crippen LogP contribution in [-0.4, -0.2) is 36.6 Å². The Morgan fingerprint density at radius 3 is 2.64 bits per heavy atom. The summed E-state index contributed by atoms with van der Waals surface area (Å²) in [5, 5.41) is 3.66. The van der Waals surface area contributed by atoms with Crippen LogP contribution < -0.4 is 5.32 Å². The van der Waals surface area contributed by atoms with Crippen LogP contribution in [0.4, 0.5) is 0 Å². The molecule has 0 radical (unpaired) electrons. The number of hydrogen-bond acceptors (Lipinski definition) is 2. The first-order valence-corrected chi connectivity index (χ1v) is 6.16. The number of nitrogens with zero attached hydrogens (tertiary/aromatic N) is 1. The highest BCUT2D eigenvalue weighted by atomic mass is 15.2. The molecule has 2 nitrogen and oxygen atoms in total. The minimum atomic E-state index is 0.752. The van der Waals surface area contributed by atoms with Crippen LogP contribution in [0.2, 0.25) is 0 Å². The van der Waals surface area contributed by atoms with Gasteiger partial charge < -0.3 is 5.32 Å². The first kappa shape index (κ1) is 10.4. The molecule has 2 rings (SSSR count). The topological polar surface area (TPSA) is 15.3 Å². The average molecular weight is 196 g/mol. The highest BCUT2D eigenvalue weighted by Gasteiger charge is 2.36. The van der Waals surface area contributed by atoms with Gasteiger partial charge in [-0.25, -0.2) is 0 Å². The van der Waals surface area contributed by atoms with E-state index in [9.17, 15) is 0 Å². The molecule has 0 aromatic heterocycles. The molecule has 0 aliphatic carbocycles. The molecule has 0 amide bonds. The Kier molecular flexibility index (Phi) is 3.13. The zero-order valence-corrected chi connectivity index (χ0v) is 9.79. The van der Waals surface area contributed by atoms with Crippen molar-refractivity contribution in [3.8, 4) is 0 Å². The highest BCUT2D eigenvalue weighted by molar-refractivity contribution is 4.93. The van der Waals surface area contributed by atoms with Gasteiger partial charge in [-0.05, 0) is 38.1 Å². The van der Waals surface area contributed by atoms with Crippen LogP contribution in [0.3, 0.4) is 0 Å². The van der Waals surface area contributed by atoms with Crippen molar-refractivity contribution in [3.05, 3.63) is 0 Å². The number of hydrogen-bond donors (Lipinski definition) is 1. The standard InChI is InChI=1S/C12H24N2/c1-9(2)10(3)14-7-11-5-4-6-13-12(11)8-14/h9-13H,4-8H2,1-3H3. The lowest BCUT2D eigenvalue weighted by molar-refractivity contribution is 0.199. The largest absolute Gasteiger partial charge is 0.312 e. The van der Waals surface area contributed by atoms with Crippen LogP contribution in [0.25, 0.3) is 0 Å². The second kappa shape index (κ2) is 4.19. The normalized spacial score (nSPS) is 36.0. The first-order chi connectivity index (χ1) is 6.68. The molecule has 3 atom stereocenters. The Balaban J connectivity index is 1.92. The molecule has 0 saturated carbocycles. The van der Waals surface area contributed by atoms with E-state index < -0.39 is 0 Å². The second-order valence-corrected chi connectivity index (χ2v) is 5.40. The minimum absolute atomic E-state index is 0.752. The van der Waals surface area contributed by atoms with Crippen molar-refractivity contribution >= 4 is 0 Å². The Bertz CT molecular complexity index is 177. The number of rotatable bonds is 2. The summed E-state index contributed by atoms with van der Waals surface area (Å²) in [6, 6.07) is 1.55. The Morgan fingerprint density at radius 2 is 2.00 bits per heavy atom. The van der Waals surface area contributed by atoms with E-state index in [1.807, 2.05) is 0 Å². The molecule has 2 aliphatic heterocycles. The zero-order chi connectivity index (χ0) is 10.1. The van der Waals surface area contributed by atoms with Crippen LogP contribution in [0, 0.1) is 11.8 Å². The monoisotopic (exact) mass is 196 g/mol. The van der Waals surface area contributed by atoms with Crippen molar-refractivity contribution < 1.29 is 0 Å². The molecule has 2 aliphatic rings.